The summed E-state index contributed by atoms with van der Waals surface area (Å²) in [7, 11) is 0.269. The molecule has 0 radical (unpaired) electrons. The number of ether oxygens (including phenoxy) is 1. The molecule has 0 bridgehead atoms. The Balaban J connectivity index is 1.95. The fourth-order valence-electron chi connectivity index (χ4n) is 3.18. The van der Waals surface area contributed by atoms with E-state index in [-0.39, 0.29) is 0 Å². The lowest BCUT2D eigenvalue weighted by Crippen LogP contribution is -2.29. The molecule has 1 heterocycles. The molecular formula is C20H24BNO3. The standard InChI is InChI=1S/C20H24BNO3/c1-3-4-11-22-18(12-15-5-7-17(8-6-15)21(23)24)13-16-14-19(25-2)9-10-20(16)22/h5-10,13-14,23-24H,3-4,11-12H2,1-2H3. The number of methoxy groups -OCH3 is 1. The quantitative estimate of drug-likeness (QED) is 0.652. The van der Waals surface area contributed by atoms with Crippen molar-refractivity contribution in [2.75, 3.05) is 7.11 Å². The third-order valence-corrected chi connectivity index (χ3v) is 4.59. The Morgan fingerprint density at radius 2 is 1.80 bits per heavy atom. The Morgan fingerprint density at radius 1 is 1.04 bits per heavy atom. The van der Waals surface area contributed by atoms with Gasteiger partial charge < -0.3 is 19.4 Å². The molecule has 0 aliphatic heterocycles. The van der Waals surface area contributed by atoms with Gasteiger partial charge in [-0.15, -0.1) is 0 Å². The van der Waals surface area contributed by atoms with Crippen molar-refractivity contribution >= 4 is 23.5 Å². The van der Waals surface area contributed by atoms with Gasteiger partial charge in [-0.05, 0) is 41.7 Å². The van der Waals surface area contributed by atoms with Crippen molar-refractivity contribution in [3.63, 3.8) is 0 Å². The van der Waals surface area contributed by atoms with Crippen molar-refractivity contribution in [3.05, 3.63) is 59.8 Å². The molecule has 2 N–H and O–H groups in total. The van der Waals surface area contributed by atoms with Crippen LogP contribution in [0, 0.1) is 0 Å². The van der Waals surface area contributed by atoms with Crippen LogP contribution in [0.4, 0.5) is 0 Å². The lowest BCUT2D eigenvalue weighted by molar-refractivity contribution is 0.415. The zero-order chi connectivity index (χ0) is 17.8. The Bertz CT molecular complexity index is 840. The van der Waals surface area contributed by atoms with Crippen LogP contribution in [0.3, 0.4) is 0 Å². The van der Waals surface area contributed by atoms with Crippen LogP contribution in [0.15, 0.2) is 48.5 Å². The van der Waals surface area contributed by atoms with Gasteiger partial charge in [-0.3, -0.25) is 0 Å². The second-order valence-corrected chi connectivity index (χ2v) is 6.36. The number of nitrogens with zero attached hydrogens (tertiary/aromatic N) is 1. The minimum absolute atomic E-state index is 0.514. The van der Waals surface area contributed by atoms with E-state index in [0.717, 1.165) is 37.1 Å². The third kappa shape index (κ3) is 3.89. The first kappa shape index (κ1) is 17.6. The highest BCUT2D eigenvalue weighted by Crippen LogP contribution is 2.26. The molecule has 0 spiro atoms. The highest BCUT2D eigenvalue weighted by molar-refractivity contribution is 6.58. The van der Waals surface area contributed by atoms with E-state index in [1.165, 1.54) is 16.6 Å². The first-order valence-electron chi connectivity index (χ1n) is 8.73. The molecule has 3 rings (SSSR count). The SMILES string of the molecule is CCCCn1c(Cc2ccc(B(O)O)cc2)cc2cc(OC)ccc21. The van der Waals surface area contributed by atoms with E-state index in [1.807, 2.05) is 18.2 Å². The van der Waals surface area contributed by atoms with Gasteiger partial charge in [-0.1, -0.05) is 37.6 Å². The van der Waals surface area contributed by atoms with Crippen LogP contribution in [0.2, 0.25) is 0 Å². The summed E-state index contributed by atoms with van der Waals surface area (Å²) in [6.45, 7) is 3.20. The minimum atomic E-state index is -1.42. The Hall–Kier alpha value is -2.24. The fourth-order valence-corrected chi connectivity index (χ4v) is 3.18. The van der Waals surface area contributed by atoms with Gasteiger partial charge in [0.05, 0.1) is 7.11 Å². The van der Waals surface area contributed by atoms with Gasteiger partial charge in [-0.25, -0.2) is 0 Å². The van der Waals surface area contributed by atoms with Crippen LogP contribution in [-0.4, -0.2) is 28.8 Å². The van der Waals surface area contributed by atoms with Crippen molar-refractivity contribution in [2.45, 2.75) is 32.7 Å². The van der Waals surface area contributed by atoms with Crippen molar-refractivity contribution in [2.24, 2.45) is 0 Å². The maximum atomic E-state index is 9.23. The van der Waals surface area contributed by atoms with Crippen molar-refractivity contribution < 1.29 is 14.8 Å². The van der Waals surface area contributed by atoms with Gasteiger partial charge in [0.1, 0.15) is 5.75 Å². The molecule has 0 fully saturated rings. The van der Waals surface area contributed by atoms with E-state index < -0.39 is 7.12 Å². The molecular weight excluding hydrogens is 313 g/mol. The van der Waals surface area contributed by atoms with Crippen LogP contribution in [0.25, 0.3) is 10.9 Å². The molecule has 130 valence electrons. The summed E-state index contributed by atoms with van der Waals surface area (Å²) in [6.07, 6.45) is 3.10. The fraction of sp³-hybridized carbons (Fsp3) is 0.300. The Labute approximate surface area is 148 Å². The number of aromatic nitrogens is 1. The van der Waals surface area contributed by atoms with E-state index in [1.54, 1.807) is 19.2 Å². The summed E-state index contributed by atoms with van der Waals surface area (Å²) in [4.78, 5) is 0. The first-order chi connectivity index (χ1) is 12.1. The molecule has 0 saturated heterocycles. The average Bonchev–Trinajstić information content (AvgIpc) is 2.96. The predicted molar refractivity (Wildman–Crippen MR) is 102 cm³/mol. The zero-order valence-electron chi connectivity index (χ0n) is 14.8. The van der Waals surface area contributed by atoms with E-state index in [0.29, 0.717) is 5.46 Å². The van der Waals surface area contributed by atoms with Crippen molar-refractivity contribution in [1.29, 1.82) is 0 Å². The average molecular weight is 337 g/mol. The molecule has 5 heteroatoms. The topological polar surface area (TPSA) is 54.6 Å². The predicted octanol–water partition coefficient (Wildman–Crippen LogP) is 2.72. The molecule has 0 atom stereocenters. The van der Waals surface area contributed by atoms with Gasteiger partial charge in [0.15, 0.2) is 0 Å². The third-order valence-electron chi connectivity index (χ3n) is 4.59. The molecule has 0 amide bonds. The van der Waals surface area contributed by atoms with E-state index in [2.05, 4.69) is 29.7 Å². The van der Waals surface area contributed by atoms with E-state index >= 15 is 0 Å². The summed E-state index contributed by atoms with van der Waals surface area (Å²) in [5, 5.41) is 19.6. The molecule has 0 aliphatic rings. The Morgan fingerprint density at radius 3 is 2.44 bits per heavy atom. The number of fused-ring (bicyclic) bond motifs is 1. The summed E-state index contributed by atoms with van der Waals surface area (Å²) in [5.41, 5.74) is 4.15. The van der Waals surface area contributed by atoms with Crippen LogP contribution in [-0.2, 0) is 13.0 Å². The van der Waals surface area contributed by atoms with E-state index in [4.69, 9.17) is 4.74 Å². The highest BCUT2D eigenvalue weighted by Gasteiger charge is 2.12. The van der Waals surface area contributed by atoms with E-state index in [9.17, 15) is 10.0 Å². The molecule has 0 saturated carbocycles. The van der Waals surface area contributed by atoms with Crippen molar-refractivity contribution in [1.82, 2.24) is 4.57 Å². The van der Waals surface area contributed by atoms with Crippen LogP contribution < -0.4 is 10.2 Å². The monoisotopic (exact) mass is 337 g/mol. The molecule has 4 nitrogen and oxygen atoms in total. The molecule has 1 aromatic heterocycles. The number of unbranched alkanes of at least 4 members (excludes halogenated alkanes) is 1. The minimum Gasteiger partial charge on any atom is -0.497 e. The molecule has 25 heavy (non-hydrogen) atoms. The maximum Gasteiger partial charge on any atom is 0.488 e. The molecule has 0 aliphatic carbocycles. The second kappa shape index (κ2) is 7.76. The van der Waals surface area contributed by atoms with Gasteiger partial charge >= 0.3 is 7.12 Å². The van der Waals surface area contributed by atoms with Crippen LogP contribution in [0.1, 0.15) is 31.0 Å². The molecule has 3 aromatic rings. The highest BCUT2D eigenvalue weighted by atomic mass is 16.5. The number of rotatable bonds is 7. The number of benzene rings is 2. The summed E-state index contributed by atoms with van der Waals surface area (Å²) in [6, 6.07) is 15.9. The first-order valence-corrected chi connectivity index (χ1v) is 8.73. The summed E-state index contributed by atoms with van der Waals surface area (Å²) in [5.74, 6) is 0.868. The lowest BCUT2D eigenvalue weighted by atomic mass is 9.80. The molecule has 2 aromatic carbocycles. The lowest BCUT2D eigenvalue weighted by Gasteiger charge is -2.11. The zero-order valence-corrected chi connectivity index (χ0v) is 14.8. The number of hydrogen-bond donors (Lipinski definition) is 2. The normalized spacial score (nSPS) is 11.0. The maximum absolute atomic E-state index is 9.23. The van der Waals surface area contributed by atoms with Gasteiger partial charge in [0, 0.05) is 29.6 Å². The summed E-state index contributed by atoms with van der Waals surface area (Å²) >= 11 is 0. The number of aryl methyl sites for hydroxylation is 1. The van der Waals surface area contributed by atoms with Crippen LogP contribution in [0.5, 0.6) is 5.75 Å². The number of hydrogen-bond acceptors (Lipinski definition) is 3. The Kier molecular flexibility index (Phi) is 5.46. The largest absolute Gasteiger partial charge is 0.497 e. The van der Waals surface area contributed by atoms with Gasteiger partial charge in [0.25, 0.3) is 0 Å². The summed E-state index contributed by atoms with van der Waals surface area (Å²) < 4.78 is 7.73. The van der Waals surface area contributed by atoms with Crippen LogP contribution >= 0.6 is 0 Å². The molecule has 0 unspecified atom stereocenters. The van der Waals surface area contributed by atoms with Crippen molar-refractivity contribution in [3.8, 4) is 5.75 Å². The van der Waals surface area contributed by atoms with Gasteiger partial charge in [-0.2, -0.15) is 0 Å². The van der Waals surface area contributed by atoms with Gasteiger partial charge in [0.2, 0.25) is 0 Å². The second-order valence-electron chi connectivity index (χ2n) is 6.36. The smallest absolute Gasteiger partial charge is 0.488 e.